The van der Waals surface area contributed by atoms with Crippen LogP contribution in [0.2, 0.25) is 0 Å². The fraction of sp³-hybridized carbons (Fsp3) is 0.938. The van der Waals surface area contributed by atoms with Crippen LogP contribution in [0.5, 0.6) is 0 Å². The molecule has 0 heterocycles. The van der Waals surface area contributed by atoms with Gasteiger partial charge >= 0.3 is 5.97 Å². The molecule has 0 saturated heterocycles. The second-order valence-corrected chi connectivity index (χ2v) is 6.72. The molecule has 4 atom stereocenters. The summed E-state index contributed by atoms with van der Waals surface area (Å²) in [5.41, 5.74) is -0.390. The molecule has 0 aromatic heterocycles. The molecule has 1 N–H and O–H groups in total. The van der Waals surface area contributed by atoms with Crippen molar-refractivity contribution >= 4 is 5.97 Å². The molecule has 0 bridgehead atoms. The van der Waals surface area contributed by atoms with Crippen LogP contribution in [0.4, 0.5) is 0 Å². The fourth-order valence-electron chi connectivity index (χ4n) is 4.71. The Morgan fingerprint density at radius 2 is 1.94 bits per heavy atom. The Hall–Kier alpha value is -0.530. The molecule has 104 valence electrons. The zero-order valence-corrected chi connectivity index (χ0v) is 12.0. The molecule has 2 saturated carbocycles. The van der Waals surface area contributed by atoms with E-state index in [0.717, 1.165) is 32.1 Å². The van der Waals surface area contributed by atoms with Crippen LogP contribution in [0.15, 0.2) is 0 Å². The Morgan fingerprint density at radius 1 is 1.22 bits per heavy atom. The van der Waals surface area contributed by atoms with Crippen LogP contribution >= 0.6 is 0 Å². The van der Waals surface area contributed by atoms with Gasteiger partial charge in [-0.3, -0.25) is 4.79 Å². The highest BCUT2D eigenvalue weighted by Gasteiger charge is 2.50. The summed E-state index contributed by atoms with van der Waals surface area (Å²) in [4.78, 5) is 12.0. The second kappa shape index (κ2) is 5.63. The quantitative estimate of drug-likeness (QED) is 0.804. The number of carboxylic acid groups (broad SMARTS) is 1. The molecule has 0 aromatic carbocycles. The highest BCUT2D eigenvalue weighted by molar-refractivity contribution is 5.75. The molecule has 18 heavy (non-hydrogen) atoms. The first-order valence-corrected chi connectivity index (χ1v) is 7.83. The van der Waals surface area contributed by atoms with Crippen LogP contribution in [0, 0.1) is 23.2 Å². The highest BCUT2D eigenvalue weighted by atomic mass is 16.4. The maximum Gasteiger partial charge on any atom is 0.309 e. The predicted molar refractivity (Wildman–Crippen MR) is 73.4 cm³/mol. The topological polar surface area (TPSA) is 37.3 Å². The molecule has 0 aliphatic heterocycles. The van der Waals surface area contributed by atoms with Gasteiger partial charge in [0.2, 0.25) is 0 Å². The van der Waals surface area contributed by atoms with Gasteiger partial charge in [0.05, 0.1) is 5.41 Å². The average molecular weight is 252 g/mol. The van der Waals surface area contributed by atoms with E-state index in [1.165, 1.54) is 25.7 Å². The summed E-state index contributed by atoms with van der Waals surface area (Å²) in [6.45, 7) is 4.48. The van der Waals surface area contributed by atoms with Gasteiger partial charge in [0, 0.05) is 0 Å². The minimum absolute atomic E-state index is 0.390. The van der Waals surface area contributed by atoms with Crippen LogP contribution < -0.4 is 0 Å². The Labute approximate surface area is 111 Å². The first kappa shape index (κ1) is 13.9. The molecule has 2 nitrogen and oxygen atoms in total. The molecular weight excluding hydrogens is 224 g/mol. The lowest BCUT2D eigenvalue weighted by Crippen LogP contribution is -2.46. The molecule has 2 heteroatoms. The van der Waals surface area contributed by atoms with Gasteiger partial charge in [-0.25, -0.2) is 0 Å². The standard InChI is InChI=1S/C16H28O2/c1-3-13-8-4-5-9-14(13)16(15(17)18)10-6-7-12(2)11-16/h12-14H,3-11H2,1-2H3,(H,17,18). The SMILES string of the molecule is CCC1CCCCC1C1(C(=O)O)CCCC(C)C1. The van der Waals surface area contributed by atoms with Gasteiger partial charge in [-0.2, -0.15) is 0 Å². The first-order chi connectivity index (χ1) is 8.60. The molecule has 2 fully saturated rings. The molecule has 0 radical (unpaired) electrons. The van der Waals surface area contributed by atoms with Crippen LogP contribution in [0.25, 0.3) is 0 Å². The lowest BCUT2D eigenvalue weighted by Gasteiger charge is -2.47. The van der Waals surface area contributed by atoms with Gasteiger partial charge in [0.1, 0.15) is 0 Å². The summed E-state index contributed by atoms with van der Waals surface area (Å²) in [7, 11) is 0. The van der Waals surface area contributed by atoms with Gasteiger partial charge in [0.25, 0.3) is 0 Å². The van der Waals surface area contributed by atoms with Crippen molar-refractivity contribution in [1.82, 2.24) is 0 Å². The van der Waals surface area contributed by atoms with Crippen molar-refractivity contribution in [3.63, 3.8) is 0 Å². The second-order valence-electron chi connectivity index (χ2n) is 6.72. The van der Waals surface area contributed by atoms with E-state index in [4.69, 9.17) is 0 Å². The van der Waals surface area contributed by atoms with E-state index in [1.807, 2.05) is 0 Å². The van der Waals surface area contributed by atoms with E-state index in [9.17, 15) is 9.90 Å². The van der Waals surface area contributed by atoms with E-state index >= 15 is 0 Å². The largest absolute Gasteiger partial charge is 0.481 e. The van der Waals surface area contributed by atoms with Crippen molar-refractivity contribution in [2.75, 3.05) is 0 Å². The van der Waals surface area contributed by atoms with Crippen molar-refractivity contribution in [3.05, 3.63) is 0 Å². The maximum absolute atomic E-state index is 12.0. The third kappa shape index (κ3) is 2.44. The van der Waals surface area contributed by atoms with Crippen LogP contribution in [0.3, 0.4) is 0 Å². The van der Waals surface area contributed by atoms with Crippen LogP contribution in [0.1, 0.15) is 71.6 Å². The third-order valence-corrected chi connectivity index (χ3v) is 5.60. The summed E-state index contributed by atoms with van der Waals surface area (Å²) >= 11 is 0. The summed E-state index contributed by atoms with van der Waals surface area (Å²) in [5, 5.41) is 9.87. The van der Waals surface area contributed by atoms with Gasteiger partial charge in [-0.15, -0.1) is 0 Å². The minimum Gasteiger partial charge on any atom is -0.481 e. The zero-order valence-electron chi connectivity index (χ0n) is 12.0. The van der Waals surface area contributed by atoms with Crippen LogP contribution in [-0.4, -0.2) is 11.1 Å². The van der Waals surface area contributed by atoms with Gasteiger partial charge in [-0.05, 0) is 37.0 Å². The Morgan fingerprint density at radius 3 is 2.56 bits per heavy atom. The zero-order chi connectivity index (χ0) is 13.2. The van der Waals surface area contributed by atoms with E-state index in [1.54, 1.807) is 0 Å². The lowest BCUT2D eigenvalue weighted by atomic mass is 9.56. The smallest absolute Gasteiger partial charge is 0.309 e. The maximum atomic E-state index is 12.0. The summed E-state index contributed by atoms with van der Waals surface area (Å²) in [5.74, 6) is 1.19. The molecule has 4 unspecified atom stereocenters. The van der Waals surface area contributed by atoms with E-state index < -0.39 is 11.4 Å². The Balaban J connectivity index is 2.24. The summed E-state index contributed by atoms with van der Waals surface area (Å²) in [6, 6.07) is 0. The monoisotopic (exact) mass is 252 g/mol. The molecule has 0 aromatic rings. The molecule has 0 spiro atoms. The van der Waals surface area contributed by atoms with Crippen molar-refractivity contribution in [1.29, 1.82) is 0 Å². The molecule has 0 amide bonds. The van der Waals surface area contributed by atoms with Crippen LogP contribution in [-0.2, 0) is 4.79 Å². The molecule has 2 aliphatic rings. The van der Waals surface area contributed by atoms with Gasteiger partial charge < -0.3 is 5.11 Å². The predicted octanol–water partition coefficient (Wildman–Crippen LogP) is 4.48. The van der Waals surface area contributed by atoms with Crippen molar-refractivity contribution in [2.24, 2.45) is 23.2 Å². The first-order valence-electron chi connectivity index (χ1n) is 7.83. The minimum atomic E-state index is -0.501. The number of carboxylic acids is 1. The lowest BCUT2D eigenvalue weighted by molar-refractivity contribution is -0.160. The number of hydrogen-bond donors (Lipinski definition) is 1. The normalized spacial score (nSPS) is 41.6. The fourth-order valence-corrected chi connectivity index (χ4v) is 4.71. The molecular formula is C16H28O2. The number of carbonyl (C=O) groups is 1. The Bertz CT molecular complexity index is 299. The average Bonchev–Trinajstić information content (AvgIpc) is 2.38. The van der Waals surface area contributed by atoms with E-state index in [0.29, 0.717) is 17.8 Å². The highest BCUT2D eigenvalue weighted by Crippen LogP contribution is 2.52. The Kier molecular flexibility index (Phi) is 4.34. The van der Waals surface area contributed by atoms with Gasteiger partial charge in [-0.1, -0.05) is 52.4 Å². The van der Waals surface area contributed by atoms with Gasteiger partial charge in [0.15, 0.2) is 0 Å². The summed E-state index contributed by atoms with van der Waals surface area (Å²) < 4.78 is 0. The molecule has 2 aliphatic carbocycles. The van der Waals surface area contributed by atoms with E-state index in [2.05, 4.69) is 13.8 Å². The van der Waals surface area contributed by atoms with Crippen molar-refractivity contribution in [2.45, 2.75) is 71.6 Å². The number of aliphatic carboxylic acids is 1. The number of rotatable bonds is 3. The van der Waals surface area contributed by atoms with Crippen molar-refractivity contribution in [3.8, 4) is 0 Å². The molecule has 2 rings (SSSR count). The summed E-state index contributed by atoms with van der Waals surface area (Å²) in [6.07, 6.45) is 10.3. The number of hydrogen-bond acceptors (Lipinski definition) is 1. The third-order valence-electron chi connectivity index (χ3n) is 5.60. The van der Waals surface area contributed by atoms with Crippen molar-refractivity contribution < 1.29 is 9.90 Å². The van der Waals surface area contributed by atoms with E-state index in [-0.39, 0.29) is 0 Å².